The normalized spacial score (nSPS) is 10.7. The van der Waals surface area contributed by atoms with Crippen LogP contribution in [0.1, 0.15) is 11.4 Å². The standard InChI is InChI=1S/C13H15Cl2N5OS/c1-8-18-19-13(20(8)16)22-7-12(21)17-5-4-9-2-3-10(14)6-11(9)15/h2-3,6H,4-5,7,16H2,1H3,(H,17,21). The van der Waals surface area contributed by atoms with Crippen molar-refractivity contribution >= 4 is 40.9 Å². The maximum Gasteiger partial charge on any atom is 0.230 e. The SMILES string of the molecule is Cc1nnc(SCC(=O)NCCc2ccc(Cl)cc2Cl)n1N. The number of rotatable bonds is 6. The third-order valence-electron chi connectivity index (χ3n) is 2.90. The van der Waals surface area contributed by atoms with Crippen LogP contribution in [0, 0.1) is 6.92 Å². The van der Waals surface area contributed by atoms with Gasteiger partial charge in [0.05, 0.1) is 5.75 Å². The van der Waals surface area contributed by atoms with Gasteiger partial charge in [-0.05, 0) is 31.0 Å². The molecule has 2 rings (SSSR count). The largest absolute Gasteiger partial charge is 0.355 e. The number of aromatic nitrogens is 3. The van der Waals surface area contributed by atoms with E-state index in [1.165, 1.54) is 16.4 Å². The predicted octanol–water partition coefficient (Wildman–Crippen LogP) is 2.06. The van der Waals surface area contributed by atoms with Gasteiger partial charge in [-0.25, -0.2) is 4.68 Å². The second kappa shape index (κ2) is 7.71. The number of carbonyl (C=O) groups excluding carboxylic acids is 1. The molecule has 1 aromatic heterocycles. The van der Waals surface area contributed by atoms with E-state index >= 15 is 0 Å². The van der Waals surface area contributed by atoms with E-state index in [4.69, 9.17) is 29.0 Å². The zero-order valence-electron chi connectivity index (χ0n) is 11.8. The number of nitrogens with two attached hydrogens (primary N) is 1. The summed E-state index contributed by atoms with van der Waals surface area (Å²) in [5, 5.41) is 12.2. The van der Waals surface area contributed by atoms with Gasteiger partial charge in [-0.2, -0.15) is 0 Å². The van der Waals surface area contributed by atoms with Crippen molar-refractivity contribution in [1.29, 1.82) is 0 Å². The van der Waals surface area contributed by atoms with Gasteiger partial charge in [0.15, 0.2) is 0 Å². The number of nitrogen functional groups attached to an aromatic ring is 1. The molecule has 0 saturated heterocycles. The van der Waals surface area contributed by atoms with E-state index in [-0.39, 0.29) is 11.7 Å². The Morgan fingerprint density at radius 3 is 2.82 bits per heavy atom. The molecule has 1 amide bonds. The maximum absolute atomic E-state index is 11.8. The summed E-state index contributed by atoms with van der Waals surface area (Å²) in [5.74, 6) is 6.43. The first kappa shape index (κ1) is 16.9. The summed E-state index contributed by atoms with van der Waals surface area (Å²) in [6.07, 6.45) is 0.637. The summed E-state index contributed by atoms with van der Waals surface area (Å²) in [5.41, 5.74) is 0.941. The van der Waals surface area contributed by atoms with Crippen LogP contribution < -0.4 is 11.2 Å². The Hall–Kier alpha value is -1.44. The van der Waals surface area contributed by atoms with Crippen LogP contribution in [0.5, 0.6) is 0 Å². The monoisotopic (exact) mass is 359 g/mol. The van der Waals surface area contributed by atoms with Crippen molar-refractivity contribution in [2.24, 2.45) is 0 Å². The van der Waals surface area contributed by atoms with Crippen molar-refractivity contribution in [3.8, 4) is 0 Å². The number of halogens is 2. The lowest BCUT2D eigenvalue weighted by molar-refractivity contribution is -0.118. The van der Waals surface area contributed by atoms with Crippen molar-refractivity contribution in [2.45, 2.75) is 18.5 Å². The van der Waals surface area contributed by atoms with Crippen molar-refractivity contribution in [3.63, 3.8) is 0 Å². The fourth-order valence-corrected chi connectivity index (χ4v) is 2.93. The molecule has 0 aliphatic rings. The van der Waals surface area contributed by atoms with E-state index < -0.39 is 0 Å². The molecule has 0 unspecified atom stereocenters. The quantitative estimate of drug-likeness (QED) is 0.608. The number of hydrogen-bond donors (Lipinski definition) is 2. The molecule has 6 nitrogen and oxygen atoms in total. The van der Waals surface area contributed by atoms with Crippen molar-refractivity contribution in [1.82, 2.24) is 20.2 Å². The predicted molar refractivity (Wildman–Crippen MR) is 88.8 cm³/mol. The average Bonchev–Trinajstić information content (AvgIpc) is 2.79. The molecule has 3 N–H and O–H groups in total. The summed E-state index contributed by atoms with van der Waals surface area (Å²) in [6, 6.07) is 5.31. The first-order chi connectivity index (χ1) is 10.5. The molecule has 118 valence electrons. The van der Waals surface area contributed by atoms with E-state index in [1.807, 2.05) is 6.07 Å². The van der Waals surface area contributed by atoms with Crippen LogP contribution in [-0.2, 0) is 11.2 Å². The zero-order valence-corrected chi connectivity index (χ0v) is 14.2. The van der Waals surface area contributed by atoms with E-state index in [0.717, 1.165) is 5.56 Å². The highest BCUT2D eigenvalue weighted by Gasteiger charge is 2.09. The smallest absolute Gasteiger partial charge is 0.230 e. The fraction of sp³-hybridized carbons (Fsp3) is 0.308. The number of amides is 1. The molecule has 0 atom stereocenters. The van der Waals surface area contributed by atoms with Gasteiger partial charge in [0.1, 0.15) is 5.82 Å². The molecule has 1 aromatic carbocycles. The van der Waals surface area contributed by atoms with Gasteiger partial charge in [0.25, 0.3) is 0 Å². The summed E-state index contributed by atoms with van der Waals surface area (Å²) in [7, 11) is 0. The number of aryl methyl sites for hydroxylation is 1. The molecular weight excluding hydrogens is 345 g/mol. The van der Waals surface area contributed by atoms with Crippen LogP contribution in [0.3, 0.4) is 0 Å². The molecule has 0 aliphatic heterocycles. The highest BCUT2D eigenvalue weighted by Crippen LogP contribution is 2.21. The minimum Gasteiger partial charge on any atom is -0.355 e. The Labute approximate surface area is 142 Å². The van der Waals surface area contributed by atoms with E-state index in [9.17, 15) is 4.79 Å². The van der Waals surface area contributed by atoms with E-state index in [0.29, 0.717) is 34.0 Å². The Kier molecular flexibility index (Phi) is 5.93. The molecule has 0 radical (unpaired) electrons. The number of nitrogens with one attached hydrogen (secondary N) is 1. The minimum absolute atomic E-state index is 0.101. The molecule has 0 fully saturated rings. The molecule has 2 aromatic rings. The Balaban J connectivity index is 1.75. The van der Waals surface area contributed by atoms with Crippen molar-refractivity contribution < 1.29 is 4.79 Å². The first-order valence-electron chi connectivity index (χ1n) is 6.48. The summed E-state index contributed by atoms with van der Waals surface area (Å²) in [6.45, 7) is 2.24. The number of hydrogen-bond acceptors (Lipinski definition) is 5. The van der Waals surface area contributed by atoms with Gasteiger partial charge < -0.3 is 11.2 Å². The number of nitrogens with zero attached hydrogens (tertiary/aromatic N) is 3. The molecular formula is C13H15Cl2N5OS. The summed E-state index contributed by atoms with van der Waals surface area (Å²) < 4.78 is 1.35. The highest BCUT2D eigenvalue weighted by molar-refractivity contribution is 7.99. The molecule has 22 heavy (non-hydrogen) atoms. The number of thioether (sulfide) groups is 1. The first-order valence-corrected chi connectivity index (χ1v) is 8.22. The van der Waals surface area contributed by atoms with E-state index in [2.05, 4.69) is 15.5 Å². The van der Waals surface area contributed by atoms with Crippen LogP contribution in [0.15, 0.2) is 23.4 Å². The zero-order chi connectivity index (χ0) is 16.1. The maximum atomic E-state index is 11.8. The van der Waals surface area contributed by atoms with Gasteiger partial charge >= 0.3 is 0 Å². The van der Waals surface area contributed by atoms with Gasteiger partial charge in [-0.1, -0.05) is 41.0 Å². The second-order valence-corrected chi connectivity index (χ2v) is 6.31. The second-order valence-electron chi connectivity index (χ2n) is 4.52. The van der Waals surface area contributed by atoms with Crippen LogP contribution in [0.2, 0.25) is 10.0 Å². The minimum atomic E-state index is -0.101. The van der Waals surface area contributed by atoms with Crippen molar-refractivity contribution in [2.75, 3.05) is 18.1 Å². The van der Waals surface area contributed by atoms with Crippen LogP contribution in [0.25, 0.3) is 0 Å². The van der Waals surface area contributed by atoms with Crippen molar-refractivity contribution in [3.05, 3.63) is 39.6 Å². The average molecular weight is 360 g/mol. The van der Waals surface area contributed by atoms with E-state index in [1.54, 1.807) is 19.1 Å². The Morgan fingerprint density at radius 1 is 1.41 bits per heavy atom. The third-order valence-corrected chi connectivity index (χ3v) is 4.43. The Morgan fingerprint density at radius 2 is 2.18 bits per heavy atom. The molecule has 0 saturated carbocycles. The van der Waals surface area contributed by atoms with Gasteiger partial charge in [0.2, 0.25) is 11.1 Å². The highest BCUT2D eigenvalue weighted by atomic mass is 35.5. The Bertz CT molecular complexity index is 676. The molecule has 0 aliphatic carbocycles. The van der Waals surface area contributed by atoms with Crippen LogP contribution in [0.4, 0.5) is 0 Å². The number of benzene rings is 1. The lowest BCUT2D eigenvalue weighted by Crippen LogP contribution is -2.27. The molecule has 1 heterocycles. The van der Waals surface area contributed by atoms with Gasteiger partial charge in [-0.15, -0.1) is 10.2 Å². The fourth-order valence-electron chi connectivity index (χ4n) is 1.69. The summed E-state index contributed by atoms with van der Waals surface area (Å²) in [4.78, 5) is 11.8. The third kappa shape index (κ3) is 4.53. The van der Waals surface area contributed by atoms with Gasteiger partial charge in [-0.3, -0.25) is 4.79 Å². The lowest BCUT2D eigenvalue weighted by Gasteiger charge is -2.07. The lowest BCUT2D eigenvalue weighted by atomic mass is 10.1. The molecule has 0 bridgehead atoms. The van der Waals surface area contributed by atoms with Crippen LogP contribution >= 0.6 is 35.0 Å². The molecule has 0 spiro atoms. The van der Waals surface area contributed by atoms with Gasteiger partial charge in [0, 0.05) is 16.6 Å². The van der Waals surface area contributed by atoms with Crippen LogP contribution in [-0.4, -0.2) is 33.1 Å². The topological polar surface area (TPSA) is 85.8 Å². The summed E-state index contributed by atoms with van der Waals surface area (Å²) >= 11 is 13.1. The number of carbonyl (C=O) groups is 1. The molecule has 9 heteroatoms.